The number of halogens is 3. The first-order valence-electron chi connectivity index (χ1n) is 13.3. The van der Waals surface area contributed by atoms with Crippen LogP contribution < -0.4 is 5.32 Å². The maximum absolute atomic E-state index is 13.3. The van der Waals surface area contributed by atoms with Gasteiger partial charge in [0.25, 0.3) is 5.91 Å². The van der Waals surface area contributed by atoms with Gasteiger partial charge in [-0.15, -0.1) is 0 Å². The summed E-state index contributed by atoms with van der Waals surface area (Å²) in [4.78, 5) is 25.0. The molecular formula is C29H33F3N4O3S. The van der Waals surface area contributed by atoms with E-state index in [1.54, 1.807) is 25.3 Å². The van der Waals surface area contributed by atoms with Crippen LogP contribution in [0, 0.1) is 5.92 Å². The fraction of sp³-hybridized carbons (Fsp3) is 0.414. The number of nitrogens with zero attached hydrogens (tertiary/aromatic N) is 3. The maximum Gasteiger partial charge on any atom is 0.416 e. The minimum atomic E-state index is -4.37. The van der Waals surface area contributed by atoms with Crippen molar-refractivity contribution in [3.8, 4) is 0 Å². The first-order valence-corrected chi connectivity index (χ1v) is 15.0. The molecule has 0 radical (unpaired) electrons. The average molecular weight is 575 g/mol. The van der Waals surface area contributed by atoms with Crippen LogP contribution >= 0.6 is 10.6 Å². The lowest BCUT2D eigenvalue weighted by atomic mass is 9.99. The summed E-state index contributed by atoms with van der Waals surface area (Å²) in [5.74, 6) is 0.150. The van der Waals surface area contributed by atoms with E-state index in [1.807, 2.05) is 6.07 Å². The van der Waals surface area contributed by atoms with Gasteiger partial charge in [0.2, 0.25) is 0 Å². The van der Waals surface area contributed by atoms with Crippen molar-refractivity contribution in [2.24, 2.45) is 5.92 Å². The normalized spacial score (nSPS) is 19.0. The molecule has 1 aromatic carbocycles. The number of hydrogen-bond donors (Lipinski definition) is 3. The fourth-order valence-electron chi connectivity index (χ4n) is 5.34. The molecule has 0 unspecified atom stereocenters. The second-order valence-electron chi connectivity index (χ2n) is 10.9. The Morgan fingerprint density at radius 2 is 1.82 bits per heavy atom. The van der Waals surface area contributed by atoms with Crippen molar-refractivity contribution >= 4 is 16.5 Å². The standard InChI is InChI=1S/C29H33F3N4O3S/c1-4-40(38,39)23-9-10-24(33-15-23)28(11-12-28)35-27(37)20-13-21-17-36(26(18(2)3)25(21)34-14-20)16-19-5-7-22(8-6-19)29(30,31)32/h5-10,13-15,18,26,38-39H,4,11-12,16-17H2,1-3H3,(H,35,37)/t26-/m0/s1. The van der Waals surface area contributed by atoms with Crippen LogP contribution in [0.2, 0.25) is 0 Å². The third kappa shape index (κ3) is 5.60. The zero-order valence-corrected chi connectivity index (χ0v) is 23.4. The van der Waals surface area contributed by atoms with Crippen molar-refractivity contribution in [3.63, 3.8) is 0 Å². The minimum Gasteiger partial charge on any atom is -0.341 e. The molecule has 1 fully saturated rings. The quantitative estimate of drug-likeness (QED) is 0.275. The molecule has 5 rings (SSSR count). The van der Waals surface area contributed by atoms with Gasteiger partial charge in [0.15, 0.2) is 0 Å². The summed E-state index contributed by atoms with van der Waals surface area (Å²) in [7, 11) is -2.86. The molecule has 1 atom stereocenters. The van der Waals surface area contributed by atoms with E-state index < -0.39 is 27.9 Å². The van der Waals surface area contributed by atoms with Crippen LogP contribution in [-0.4, -0.2) is 35.6 Å². The molecule has 1 aliphatic carbocycles. The highest BCUT2D eigenvalue weighted by molar-refractivity contribution is 8.24. The number of pyridine rings is 2. The number of amides is 1. The average Bonchev–Trinajstić information content (AvgIpc) is 3.60. The van der Waals surface area contributed by atoms with Crippen molar-refractivity contribution in [1.82, 2.24) is 20.2 Å². The van der Waals surface area contributed by atoms with Crippen molar-refractivity contribution < 1.29 is 27.1 Å². The third-order valence-electron chi connectivity index (χ3n) is 7.72. The Morgan fingerprint density at radius 3 is 2.38 bits per heavy atom. The van der Waals surface area contributed by atoms with Gasteiger partial charge in [-0.3, -0.25) is 28.8 Å². The van der Waals surface area contributed by atoms with Gasteiger partial charge in [-0.05, 0) is 67.1 Å². The highest BCUT2D eigenvalue weighted by atomic mass is 32.3. The Kier molecular flexibility index (Phi) is 7.45. The number of alkyl halides is 3. The molecule has 7 nitrogen and oxygen atoms in total. The molecule has 11 heteroatoms. The predicted octanol–water partition coefficient (Wildman–Crippen LogP) is 6.76. The summed E-state index contributed by atoms with van der Waals surface area (Å²) in [6, 6.07) is 10.4. The Labute approximate surface area is 233 Å². The van der Waals surface area contributed by atoms with Crippen molar-refractivity contribution in [2.75, 3.05) is 5.75 Å². The lowest BCUT2D eigenvalue weighted by Gasteiger charge is -2.30. The molecule has 3 heterocycles. The number of fused-ring (bicyclic) bond motifs is 1. The number of benzene rings is 1. The Bertz CT molecular complexity index is 1390. The summed E-state index contributed by atoms with van der Waals surface area (Å²) in [5, 5.41) is 3.10. The largest absolute Gasteiger partial charge is 0.416 e. The van der Waals surface area contributed by atoms with E-state index in [0.29, 0.717) is 29.2 Å². The summed E-state index contributed by atoms with van der Waals surface area (Å²) in [5.41, 5.74) is 2.42. The zero-order valence-electron chi connectivity index (χ0n) is 22.6. The lowest BCUT2D eigenvalue weighted by Crippen LogP contribution is -2.35. The van der Waals surface area contributed by atoms with Crippen molar-refractivity contribution in [3.05, 3.63) is 88.5 Å². The van der Waals surface area contributed by atoms with E-state index in [2.05, 4.69) is 34.0 Å². The highest BCUT2D eigenvalue weighted by Gasteiger charge is 2.47. The SMILES string of the molecule is CCS(O)(O)c1ccc(C2(NC(=O)c3cnc4c(c3)CN(Cc3ccc(C(F)(F)F)cc3)[C@H]4C(C)C)CC2)nc1. The molecule has 3 N–H and O–H groups in total. The summed E-state index contributed by atoms with van der Waals surface area (Å²) in [6.07, 6.45) is 0.125. The van der Waals surface area contributed by atoms with Crippen molar-refractivity contribution in [1.29, 1.82) is 0 Å². The third-order valence-corrected chi connectivity index (χ3v) is 9.52. The van der Waals surface area contributed by atoms with E-state index in [4.69, 9.17) is 0 Å². The van der Waals surface area contributed by atoms with Gasteiger partial charge in [-0.2, -0.15) is 23.8 Å². The Balaban J connectivity index is 1.31. The van der Waals surface area contributed by atoms with Crippen molar-refractivity contribution in [2.45, 2.75) is 69.4 Å². The van der Waals surface area contributed by atoms with Gasteiger partial charge in [0.05, 0.1) is 45.2 Å². The second kappa shape index (κ2) is 10.4. The first-order chi connectivity index (χ1) is 18.8. The number of carbonyl (C=O) groups is 1. The van der Waals surface area contributed by atoms with Crippen LogP contribution in [-0.2, 0) is 24.8 Å². The topological polar surface area (TPSA) is 98.6 Å². The molecule has 1 saturated carbocycles. The molecule has 214 valence electrons. The van der Waals surface area contributed by atoms with Gasteiger partial charge in [-0.25, -0.2) is 0 Å². The van der Waals surface area contributed by atoms with Crippen LogP contribution in [0.25, 0.3) is 0 Å². The highest BCUT2D eigenvalue weighted by Crippen LogP contribution is 2.49. The van der Waals surface area contributed by atoms with E-state index in [-0.39, 0.29) is 23.6 Å². The summed E-state index contributed by atoms with van der Waals surface area (Å²) in [6.45, 7) is 6.86. The van der Waals surface area contributed by atoms with E-state index in [9.17, 15) is 27.1 Å². The minimum absolute atomic E-state index is 0.0256. The van der Waals surface area contributed by atoms with E-state index in [1.165, 1.54) is 18.3 Å². The molecule has 3 aromatic rings. The van der Waals surface area contributed by atoms with Gasteiger partial charge in [0.1, 0.15) is 0 Å². The number of carbonyl (C=O) groups excluding carboxylic acids is 1. The molecule has 0 bridgehead atoms. The summed E-state index contributed by atoms with van der Waals surface area (Å²) < 4.78 is 59.2. The van der Waals surface area contributed by atoms with Gasteiger partial charge >= 0.3 is 6.18 Å². The molecular weight excluding hydrogens is 541 g/mol. The van der Waals surface area contributed by atoms with Gasteiger partial charge < -0.3 is 5.32 Å². The number of rotatable bonds is 8. The van der Waals surface area contributed by atoms with Crippen LogP contribution in [0.1, 0.15) is 78.1 Å². The smallest absolute Gasteiger partial charge is 0.341 e. The van der Waals surface area contributed by atoms with Crippen LogP contribution in [0.4, 0.5) is 13.2 Å². The number of hydrogen-bond acceptors (Lipinski definition) is 6. The molecule has 0 saturated heterocycles. The Morgan fingerprint density at radius 1 is 1.12 bits per heavy atom. The van der Waals surface area contributed by atoms with Crippen LogP contribution in [0.5, 0.6) is 0 Å². The first kappa shape index (κ1) is 28.5. The van der Waals surface area contributed by atoms with E-state index in [0.717, 1.165) is 41.8 Å². The fourth-order valence-corrected chi connectivity index (χ4v) is 6.18. The Hall–Kier alpha value is -2.99. The number of nitrogens with one attached hydrogen (secondary N) is 1. The monoisotopic (exact) mass is 574 g/mol. The zero-order chi connectivity index (χ0) is 28.9. The molecule has 2 aromatic heterocycles. The molecule has 40 heavy (non-hydrogen) atoms. The second-order valence-corrected chi connectivity index (χ2v) is 13.3. The molecule has 1 amide bonds. The van der Waals surface area contributed by atoms with Crippen LogP contribution in [0.3, 0.4) is 0 Å². The predicted molar refractivity (Wildman–Crippen MR) is 147 cm³/mol. The van der Waals surface area contributed by atoms with Crippen LogP contribution in [0.15, 0.2) is 59.8 Å². The van der Waals surface area contributed by atoms with Gasteiger partial charge in [0, 0.05) is 25.0 Å². The molecule has 0 spiro atoms. The lowest BCUT2D eigenvalue weighted by molar-refractivity contribution is -0.137. The van der Waals surface area contributed by atoms with Gasteiger partial charge in [-0.1, -0.05) is 26.0 Å². The number of aromatic nitrogens is 2. The van der Waals surface area contributed by atoms with E-state index >= 15 is 0 Å². The maximum atomic E-state index is 13.3. The molecule has 2 aliphatic rings. The molecule has 1 aliphatic heterocycles. The summed E-state index contributed by atoms with van der Waals surface area (Å²) >= 11 is 0.